The number of halogens is 1. The largest absolute Gasteiger partial charge is 0.388 e. The predicted molar refractivity (Wildman–Crippen MR) is 81.9 cm³/mol. The fourth-order valence-electron chi connectivity index (χ4n) is 1.78. The Morgan fingerprint density at radius 2 is 2.00 bits per heavy atom. The Labute approximate surface area is 130 Å². The van der Waals surface area contributed by atoms with Crippen molar-refractivity contribution in [2.45, 2.75) is 12.5 Å². The third kappa shape index (κ3) is 4.37. The van der Waals surface area contributed by atoms with Crippen molar-refractivity contribution in [1.82, 2.24) is 5.32 Å². The first-order valence-corrected chi connectivity index (χ1v) is 7.56. The lowest BCUT2D eigenvalue weighted by atomic mass is 10.1. The maximum atomic E-state index is 13.3. The first-order valence-electron chi connectivity index (χ1n) is 6.62. The van der Waals surface area contributed by atoms with Crippen molar-refractivity contribution in [2.24, 2.45) is 0 Å². The Morgan fingerprint density at radius 3 is 2.68 bits per heavy atom. The van der Waals surface area contributed by atoms with Gasteiger partial charge in [-0.1, -0.05) is 12.1 Å². The number of rotatable bonds is 5. The van der Waals surface area contributed by atoms with Gasteiger partial charge in [-0.25, -0.2) is 4.39 Å². The molecule has 116 valence electrons. The summed E-state index contributed by atoms with van der Waals surface area (Å²) < 4.78 is 13.3. The van der Waals surface area contributed by atoms with E-state index in [0.717, 1.165) is 5.56 Å². The minimum Gasteiger partial charge on any atom is -0.388 e. The van der Waals surface area contributed by atoms with Crippen LogP contribution in [0.25, 0.3) is 0 Å². The van der Waals surface area contributed by atoms with Crippen LogP contribution in [-0.4, -0.2) is 23.5 Å². The van der Waals surface area contributed by atoms with Crippen molar-refractivity contribution in [3.05, 3.63) is 52.5 Å². The van der Waals surface area contributed by atoms with Gasteiger partial charge in [0.1, 0.15) is 5.82 Å². The molecule has 5 nitrogen and oxygen atoms in total. The number of nitrogens with one attached hydrogen (secondary N) is 2. The molecule has 7 heteroatoms. The van der Waals surface area contributed by atoms with E-state index in [0.29, 0.717) is 0 Å². The molecule has 0 radical (unpaired) electrons. The first-order chi connectivity index (χ1) is 10.6. The monoisotopic (exact) mass is 322 g/mol. The van der Waals surface area contributed by atoms with E-state index in [2.05, 4.69) is 10.6 Å². The number of benzene rings is 1. The van der Waals surface area contributed by atoms with Crippen LogP contribution in [0.1, 0.15) is 18.1 Å². The lowest BCUT2D eigenvalue weighted by Crippen LogP contribution is -2.36. The highest BCUT2D eigenvalue weighted by Crippen LogP contribution is 2.18. The Hall–Kier alpha value is -2.25. The lowest BCUT2D eigenvalue weighted by molar-refractivity contribution is -0.136. The van der Waals surface area contributed by atoms with Gasteiger partial charge in [-0.2, -0.15) is 11.3 Å². The zero-order chi connectivity index (χ0) is 15.9. The fraction of sp³-hybridized carbons (Fsp3) is 0.200. The fourth-order valence-corrected chi connectivity index (χ4v) is 2.48. The second kappa shape index (κ2) is 7.67. The summed E-state index contributed by atoms with van der Waals surface area (Å²) in [6, 6.07) is 7.37. The standard InChI is InChI=1S/C15H15FN2O3S/c16-11-3-1-2-4-12(11)18-15(21)14(20)17-7-5-13(19)10-6-8-22-9-10/h1-4,6,8-9,13,19H,5,7H2,(H,17,20)(H,18,21). The van der Waals surface area contributed by atoms with E-state index in [1.165, 1.54) is 29.5 Å². The molecule has 2 rings (SSSR count). The highest BCUT2D eigenvalue weighted by molar-refractivity contribution is 7.07. The summed E-state index contributed by atoms with van der Waals surface area (Å²) in [5.74, 6) is -2.44. The third-order valence-corrected chi connectivity index (χ3v) is 3.66. The van der Waals surface area contributed by atoms with Crippen LogP contribution in [0, 0.1) is 5.82 Å². The number of amides is 2. The van der Waals surface area contributed by atoms with Gasteiger partial charge in [0, 0.05) is 6.54 Å². The molecule has 1 unspecified atom stereocenters. The third-order valence-electron chi connectivity index (χ3n) is 2.96. The predicted octanol–water partition coefficient (Wildman–Crippen LogP) is 2.07. The van der Waals surface area contributed by atoms with Crippen molar-refractivity contribution in [2.75, 3.05) is 11.9 Å². The molecule has 0 aliphatic rings. The maximum absolute atomic E-state index is 13.3. The normalized spacial score (nSPS) is 11.7. The SMILES string of the molecule is O=C(NCCC(O)c1ccsc1)C(=O)Nc1ccccc1F. The van der Waals surface area contributed by atoms with Crippen molar-refractivity contribution in [3.8, 4) is 0 Å². The lowest BCUT2D eigenvalue weighted by Gasteiger charge is -2.10. The zero-order valence-corrected chi connectivity index (χ0v) is 12.4. The number of carbonyl (C=O) groups excluding carboxylic acids is 2. The summed E-state index contributed by atoms with van der Waals surface area (Å²) in [7, 11) is 0. The molecular formula is C15H15FN2O3S. The Bertz CT molecular complexity index is 646. The number of carbonyl (C=O) groups is 2. The maximum Gasteiger partial charge on any atom is 0.313 e. The molecule has 1 aromatic heterocycles. The first kappa shape index (κ1) is 16.1. The van der Waals surface area contributed by atoms with Gasteiger partial charge in [0.15, 0.2) is 0 Å². The van der Waals surface area contributed by atoms with E-state index in [-0.39, 0.29) is 18.7 Å². The van der Waals surface area contributed by atoms with Gasteiger partial charge < -0.3 is 15.7 Å². The average molecular weight is 322 g/mol. The van der Waals surface area contributed by atoms with Gasteiger partial charge in [-0.05, 0) is 40.9 Å². The molecule has 3 N–H and O–H groups in total. The van der Waals surface area contributed by atoms with E-state index < -0.39 is 23.7 Å². The van der Waals surface area contributed by atoms with Crippen LogP contribution in [0.15, 0.2) is 41.1 Å². The average Bonchev–Trinajstić information content (AvgIpc) is 3.03. The highest BCUT2D eigenvalue weighted by atomic mass is 32.1. The molecule has 0 saturated heterocycles. The zero-order valence-electron chi connectivity index (χ0n) is 11.6. The number of thiophene rings is 1. The molecule has 22 heavy (non-hydrogen) atoms. The van der Waals surface area contributed by atoms with Crippen molar-refractivity contribution in [1.29, 1.82) is 0 Å². The van der Waals surface area contributed by atoms with Crippen molar-refractivity contribution < 1.29 is 19.1 Å². The molecule has 0 spiro atoms. The van der Waals surface area contributed by atoms with Crippen LogP contribution < -0.4 is 10.6 Å². The summed E-state index contributed by atoms with van der Waals surface area (Å²) in [6.07, 6.45) is -0.406. The molecule has 1 aromatic carbocycles. The summed E-state index contributed by atoms with van der Waals surface area (Å²) in [6.45, 7) is 0.139. The second-order valence-corrected chi connectivity index (χ2v) is 5.33. The van der Waals surface area contributed by atoms with Crippen LogP contribution in [0.3, 0.4) is 0 Å². The molecule has 2 amide bonds. The molecule has 0 aliphatic heterocycles. The summed E-state index contributed by atoms with van der Waals surface area (Å²) >= 11 is 1.47. The number of hydrogen-bond donors (Lipinski definition) is 3. The number of para-hydroxylation sites is 1. The smallest absolute Gasteiger partial charge is 0.313 e. The topological polar surface area (TPSA) is 78.4 Å². The number of aliphatic hydroxyl groups is 1. The van der Waals surface area contributed by atoms with E-state index in [1.54, 1.807) is 12.1 Å². The second-order valence-electron chi connectivity index (χ2n) is 4.55. The van der Waals surface area contributed by atoms with E-state index in [9.17, 15) is 19.1 Å². The van der Waals surface area contributed by atoms with Gasteiger partial charge >= 0.3 is 11.8 Å². The molecule has 0 aliphatic carbocycles. The van der Waals surface area contributed by atoms with Gasteiger partial charge in [0.2, 0.25) is 0 Å². The van der Waals surface area contributed by atoms with Gasteiger partial charge in [0.25, 0.3) is 0 Å². The van der Waals surface area contributed by atoms with Crippen LogP contribution >= 0.6 is 11.3 Å². The van der Waals surface area contributed by atoms with E-state index in [1.807, 2.05) is 10.8 Å². The number of aliphatic hydroxyl groups excluding tert-OH is 1. The number of anilines is 1. The summed E-state index contributed by atoms with van der Waals surface area (Å²) in [4.78, 5) is 23.2. The van der Waals surface area contributed by atoms with Crippen LogP contribution in [0.2, 0.25) is 0 Å². The minimum atomic E-state index is -0.949. The Balaban J connectivity index is 1.77. The van der Waals surface area contributed by atoms with Crippen LogP contribution in [-0.2, 0) is 9.59 Å². The van der Waals surface area contributed by atoms with Crippen LogP contribution in [0.4, 0.5) is 10.1 Å². The molecular weight excluding hydrogens is 307 g/mol. The van der Waals surface area contributed by atoms with Crippen molar-refractivity contribution >= 4 is 28.8 Å². The molecule has 0 bridgehead atoms. The minimum absolute atomic E-state index is 0.0547. The van der Waals surface area contributed by atoms with E-state index in [4.69, 9.17) is 0 Å². The highest BCUT2D eigenvalue weighted by Gasteiger charge is 2.16. The molecule has 0 fully saturated rings. The number of hydrogen-bond acceptors (Lipinski definition) is 4. The summed E-state index contributed by atoms with van der Waals surface area (Å²) in [5.41, 5.74) is 0.719. The molecule has 1 heterocycles. The molecule has 0 saturated carbocycles. The van der Waals surface area contributed by atoms with Gasteiger partial charge in [0.05, 0.1) is 11.8 Å². The van der Waals surface area contributed by atoms with Gasteiger partial charge in [-0.3, -0.25) is 9.59 Å². The Kier molecular flexibility index (Phi) is 5.62. The molecule has 2 aromatic rings. The van der Waals surface area contributed by atoms with Gasteiger partial charge in [-0.15, -0.1) is 0 Å². The van der Waals surface area contributed by atoms with Crippen molar-refractivity contribution in [3.63, 3.8) is 0 Å². The van der Waals surface area contributed by atoms with Crippen LogP contribution in [0.5, 0.6) is 0 Å². The Morgan fingerprint density at radius 1 is 1.23 bits per heavy atom. The summed E-state index contributed by atoms with van der Waals surface area (Å²) in [5, 5.41) is 18.1. The molecule has 1 atom stereocenters. The van der Waals surface area contributed by atoms with E-state index >= 15 is 0 Å². The quantitative estimate of drug-likeness (QED) is 0.737.